The summed E-state index contributed by atoms with van der Waals surface area (Å²) < 4.78 is 5.43. The van der Waals surface area contributed by atoms with Gasteiger partial charge < -0.3 is 10.1 Å². The van der Waals surface area contributed by atoms with Gasteiger partial charge in [-0.1, -0.05) is 48.6 Å². The van der Waals surface area contributed by atoms with Gasteiger partial charge in [0, 0.05) is 31.2 Å². The lowest BCUT2D eigenvalue weighted by atomic mass is 10.2. The summed E-state index contributed by atoms with van der Waals surface area (Å²) in [7, 11) is 0. The summed E-state index contributed by atoms with van der Waals surface area (Å²) in [5, 5.41) is 13.8. The van der Waals surface area contributed by atoms with Crippen LogP contribution in [0.25, 0.3) is 10.6 Å². The van der Waals surface area contributed by atoms with Crippen LogP contribution in [0.15, 0.2) is 30.3 Å². The molecule has 1 N–H and O–H groups in total. The average Bonchev–Trinajstić information content (AvgIpc) is 3.06. The van der Waals surface area contributed by atoms with Crippen molar-refractivity contribution in [3.8, 4) is 10.6 Å². The number of nitrogens with zero attached hydrogens (tertiary/aromatic N) is 3. The predicted molar refractivity (Wildman–Crippen MR) is 90.3 cm³/mol. The van der Waals surface area contributed by atoms with Crippen LogP contribution in [0.1, 0.15) is 13.3 Å². The quantitative estimate of drug-likeness (QED) is 0.887. The molecule has 5 nitrogen and oxygen atoms in total. The topological polar surface area (TPSA) is 50.3 Å². The van der Waals surface area contributed by atoms with Gasteiger partial charge in [0.2, 0.25) is 5.13 Å². The van der Waals surface area contributed by atoms with Gasteiger partial charge in [0.25, 0.3) is 0 Å². The van der Waals surface area contributed by atoms with Gasteiger partial charge in [-0.15, -0.1) is 10.2 Å². The third kappa shape index (κ3) is 3.82. The number of anilines is 1. The van der Waals surface area contributed by atoms with Crippen molar-refractivity contribution in [2.45, 2.75) is 19.4 Å². The minimum Gasteiger partial charge on any atom is -0.379 e. The van der Waals surface area contributed by atoms with Gasteiger partial charge >= 0.3 is 0 Å². The molecule has 1 fully saturated rings. The third-order valence-corrected chi connectivity index (χ3v) is 4.90. The van der Waals surface area contributed by atoms with Crippen molar-refractivity contribution in [2.24, 2.45) is 0 Å². The lowest BCUT2D eigenvalue weighted by Gasteiger charge is -2.33. The zero-order chi connectivity index (χ0) is 15.2. The number of ether oxygens (including phenoxy) is 1. The Bertz CT molecular complexity index is 569. The SMILES string of the molecule is CCC(CNc1nnc(-c2ccccc2)s1)N1CCOCC1. The molecule has 0 spiro atoms. The Morgan fingerprint density at radius 2 is 2.00 bits per heavy atom. The van der Waals surface area contributed by atoms with Gasteiger partial charge in [-0.2, -0.15) is 0 Å². The van der Waals surface area contributed by atoms with Crippen LogP contribution in [0.4, 0.5) is 5.13 Å². The normalized spacial score (nSPS) is 17.3. The smallest absolute Gasteiger partial charge is 0.206 e. The van der Waals surface area contributed by atoms with Crippen molar-refractivity contribution in [3.63, 3.8) is 0 Å². The van der Waals surface area contributed by atoms with E-state index in [-0.39, 0.29) is 0 Å². The fraction of sp³-hybridized carbons (Fsp3) is 0.500. The highest BCUT2D eigenvalue weighted by molar-refractivity contribution is 7.18. The number of aromatic nitrogens is 2. The Hall–Kier alpha value is -1.50. The molecule has 1 aromatic heterocycles. The highest BCUT2D eigenvalue weighted by Crippen LogP contribution is 2.26. The van der Waals surface area contributed by atoms with E-state index in [2.05, 4.69) is 39.5 Å². The zero-order valence-corrected chi connectivity index (χ0v) is 13.7. The lowest BCUT2D eigenvalue weighted by Crippen LogP contribution is -2.46. The summed E-state index contributed by atoms with van der Waals surface area (Å²) >= 11 is 1.61. The van der Waals surface area contributed by atoms with Gasteiger partial charge in [0.15, 0.2) is 0 Å². The average molecular weight is 318 g/mol. The van der Waals surface area contributed by atoms with Crippen LogP contribution in [0.3, 0.4) is 0 Å². The summed E-state index contributed by atoms with van der Waals surface area (Å²) in [6.45, 7) is 6.86. The standard InChI is InChI=1S/C16H22N4OS/c1-2-14(20-8-10-21-11-9-20)12-17-16-19-18-15(22-16)13-6-4-3-5-7-13/h3-7,14H,2,8-12H2,1H3,(H,17,19). The predicted octanol–water partition coefficient (Wildman–Crippen LogP) is 2.73. The van der Waals surface area contributed by atoms with Crippen LogP contribution >= 0.6 is 11.3 Å². The van der Waals surface area contributed by atoms with Crippen LogP contribution in [0, 0.1) is 0 Å². The molecule has 2 aromatic rings. The second-order valence-electron chi connectivity index (χ2n) is 5.37. The van der Waals surface area contributed by atoms with E-state index < -0.39 is 0 Å². The molecule has 1 aromatic carbocycles. The fourth-order valence-corrected chi connectivity index (χ4v) is 3.43. The molecule has 0 amide bonds. The van der Waals surface area contributed by atoms with E-state index in [1.54, 1.807) is 11.3 Å². The molecule has 3 rings (SSSR count). The highest BCUT2D eigenvalue weighted by Gasteiger charge is 2.19. The Kier molecular flexibility index (Phi) is 5.37. The van der Waals surface area contributed by atoms with Crippen LogP contribution in [0.2, 0.25) is 0 Å². The molecule has 0 aliphatic carbocycles. The Balaban J connectivity index is 1.58. The Labute approximate surface area is 135 Å². The first-order valence-electron chi connectivity index (χ1n) is 7.81. The maximum absolute atomic E-state index is 5.43. The minimum absolute atomic E-state index is 0.521. The zero-order valence-electron chi connectivity index (χ0n) is 12.9. The van der Waals surface area contributed by atoms with E-state index in [1.807, 2.05) is 18.2 Å². The van der Waals surface area contributed by atoms with Gasteiger partial charge in [-0.25, -0.2) is 0 Å². The first-order chi connectivity index (χ1) is 10.9. The summed E-state index contributed by atoms with van der Waals surface area (Å²) in [4.78, 5) is 2.50. The molecular weight excluding hydrogens is 296 g/mol. The molecule has 0 saturated carbocycles. The Morgan fingerprint density at radius 3 is 2.73 bits per heavy atom. The molecule has 1 aliphatic heterocycles. The number of rotatable bonds is 6. The molecule has 1 aliphatic rings. The Morgan fingerprint density at radius 1 is 1.23 bits per heavy atom. The molecule has 1 atom stereocenters. The molecule has 0 bridgehead atoms. The fourth-order valence-electron chi connectivity index (χ4n) is 2.67. The summed E-state index contributed by atoms with van der Waals surface area (Å²) in [5.41, 5.74) is 1.12. The molecule has 2 heterocycles. The van der Waals surface area contributed by atoms with E-state index in [4.69, 9.17) is 4.74 Å². The van der Waals surface area contributed by atoms with E-state index >= 15 is 0 Å². The first kappa shape index (κ1) is 15.4. The highest BCUT2D eigenvalue weighted by atomic mass is 32.1. The van der Waals surface area contributed by atoms with Gasteiger partial charge in [-0.3, -0.25) is 4.90 Å². The van der Waals surface area contributed by atoms with E-state index in [9.17, 15) is 0 Å². The van der Waals surface area contributed by atoms with Crippen molar-refractivity contribution < 1.29 is 4.74 Å². The van der Waals surface area contributed by atoms with Crippen LogP contribution in [0.5, 0.6) is 0 Å². The molecular formula is C16H22N4OS. The van der Waals surface area contributed by atoms with Crippen LogP contribution in [-0.4, -0.2) is 54.0 Å². The van der Waals surface area contributed by atoms with Crippen molar-refractivity contribution in [3.05, 3.63) is 30.3 Å². The molecule has 118 valence electrons. The summed E-state index contributed by atoms with van der Waals surface area (Å²) in [5.74, 6) is 0. The van der Waals surface area contributed by atoms with Crippen LogP contribution in [-0.2, 0) is 4.74 Å². The van der Waals surface area contributed by atoms with Gasteiger partial charge in [-0.05, 0) is 6.42 Å². The molecule has 22 heavy (non-hydrogen) atoms. The van der Waals surface area contributed by atoms with E-state index in [0.29, 0.717) is 6.04 Å². The number of benzene rings is 1. The first-order valence-corrected chi connectivity index (χ1v) is 8.63. The minimum atomic E-state index is 0.521. The van der Waals surface area contributed by atoms with Crippen molar-refractivity contribution >= 4 is 16.5 Å². The second-order valence-corrected chi connectivity index (χ2v) is 6.35. The number of nitrogens with one attached hydrogen (secondary N) is 1. The maximum atomic E-state index is 5.43. The third-order valence-electron chi connectivity index (χ3n) is 3.97. The second kappa shape index (κ2) is 7.67. The summed E-state index contributed by atoms with van der Waals surface area (Å²) in [6.07, 6.45) is 1.12. The number of hydrogen-bond acceptors (Lipinski definition) is 6. The number of hydrogen-bond donors (Lipinski definition) is 1. The van der Waals surface area contributed by atoms with E-state index in [0.717, 1.165) is 55.0 Å². The number of morpholine rings is 1. The lowest BCUT2D eigenvalue weighted by molar-refractivity contribution is 0.0184. The van der Waals surface area contributed by atoms with Crippen molar-refractivity contribution in [2.75, 3.05) is 38.2 Å². The summed E-state index contributed by atoms with van der Waals surface area (Å²) in [6, 6.07) is 10.7. The monoisotopic (exact) mass is 318 g/mol. The molecule has 6 heteroatoms. The molecule has 0 radical (unpaired) electrons. The maximum Gasteiger partial charge on any atom is 0.206 e. The van der Waals surface area contributed by atoms with Crippen molar-refractivity contribution in [1.82, 2.24) is 15.1 Å². The van der Waals surface area contributed by atoms with Gasteiger partial charge in [0.05, 0.1) is 13.2 Å². The molecule has 1 saturated heterocycles. The van der Waals surface area contributed by atoms with Gasteiger partial charge in [0.1, 0.15) is 5.01 Å². The van der Waals surface area contributed by atoms with Crippen molar-refractivity contribution in [1.29, 1.82) is 0 Å². The van der Waals surface area contributed by atoms with E-state index in [1.165, 1.54) is 0 Å². The largest absolute Gasteiger partial charge is 0.379 e. The van der Waals surface area contributed by atoms with Crippen LogP contribution < -0.4 is 5.32 Å². The molecule has 1 unspecified atom stereocenters.